The highest BCUT2D eigenvalue weighted by Crippen LogP contribution is 2.25. The number of nitrogens with one attached hydrogen (secondary N) is 2. The van der Waals surface area contributed by atoms with Gasteiger partial charge in [0, 0.05) is 35.5 Å². The summed E-state index contributed by atoms with van der Waals surface area (Å²) < 4.78 is 13.4. The van der Waals surface area contributed by atoms with Crippen molar-refractivity contribution in [3.63, 3.8) is 0 Å². The SMILES string of the molecule is CC(C)(C)c1cc(NC(=O)Nc2ccc(-n3cnc4cc(OCCN5CCCCCC5)ccc43)cc2)no1. The highest BCUT2D eigenvalue weighted by Gasteiger charge is 2.20. The van der Waals surface area contributed by atoms with E-state index >= 15 is 0 Å². The van der Waals surface area contributed by atoms with Gasteiger partial charge in [0.15, 0.2) is 5.82 Å². The van der Waals surface area contributed by atoms with E-state index in [1.807, 2.05) is 67.8 Å². The third-order valence-corrected chi connectivity index (χ3v) is 6.79. The van der Waals surface area contributed by atoms with Gasteiger partial charge in [-0.15, -0.1) is 0 Å². The van der Waals surface area contributed by atoms with Crippen molar-refractivity contribution in [1.82, 2.24) is 19.6 Å². The Kier molecular flexibility index (Phi) is 7.64. The Hall–Kier alpha value is -3.85. The molecule has 2 amide bonds. The molecule has 1 aliphatic heterocycles. The largest absolute Gasteiger partial charge is 0.492 e. The molecule has 0 saturated carbocycles. The molecule has 1 saturated heterocycles. The Morgan fingerprint density at radius 1 is 1.00 bits per heavy atom. The van der Waals surface area contributed by atoms with Gasteiger partial charge in [0.1, 0.15) is 24.4 Å². The van der Waals surface area contributed by atoms with Gasteiger partial charge in [-0.05, 0) is 62.3 Å². The number of nitrogens with zero attached hydrogens (tertiary/aromatic N) is 4. The molecule has 200 valence electrons. The average molecular weight is 517 g/mol. The molecule has 9 heteroatoms. The van der Waals surface area contributed by atoms with Crippen LogP contribution >= 0.6 is 0 Å². The number of carbonyl (C=O) groups excluding carboxylic acids is 1. The van der Waals surface area contributed by atoms with Gasteiger partial charge in [0.05, 0.1) is 11.0 Å². The van der Waals surface area contributed by atoms with Gasteiger partial charge >= 0.3 is 6.03 Å². The third-order valence-electron chi connectivity index (χ3n) is 6.79. The lowest BCUT2D eigenvalue weighted by Gasteiger charge is -2.19. The molecular formula is C29H36N6O3. The fourth-order valence-electron chi connectivity index (χ4n) is 4.61. The smallest absolute Gasteiger partial charge is 0.324 e. The van der Waals surface area contributed by atoms with Crippen molar-refractivity contribution in [3.05, 3.63) is 60.6 Å². The number of benzene rings is 2. The van der Waals surface area contributed by atoms with Gasteiger partial charge in [0.25, 0.3) is 0 Å². The maximum absolute atomic E-state index is 12.4. The Balaban J connectivity index is 1.17. The first-order valence-corrected chi connectivity index (χ1v) is 13.3. The molecule has 2 N–H and O–H groups in total. The minimum Gasteiger partial charge on any atom is -0.492 e. The lowest BCUT2D eigenvalue weighted by molar-refractivity contribution is 0.214. The number of imidazole rings is 1. The zero-order valence-corrected chi connectivity index (χ0v) is 22.4. The van der Waals surface area contributed by atoms with E-state index in [9.17, 15) is 4.79 Å². The summed E-state index contributed by atoms with van der Waals surface area (Å²) in [5.41, 5.74) is 3.29. The Morgan fingerprint density at radius 3 is 2.47 bits per heavy atom. The maximum Gasteiger partial charge on any atom is 0.324 e. The number of ether oxygens (including phenoxy) is 1. The van der Waals surface area contributed by atoms with Crippen molar-refractivity contribution in [2.45, 2.75) is 51.9 Å². The zero-order chi connectivity index (χ0) is 26.5. The molecule has 38 heavy (non-hydrogen) atoms. The molecule has 1 aliphatic rings. The number of rotatable bonds is 7. The Bertz CT molecular complexity index is 1360. The summed E-state index contributed by atoms with van der Waals surface area (Å²) in [7, 11) is 0. The van der Waals surface area contributed by atoms with Gasteiger partial charge in [-0.2, -0.15) is 0 Å². The number of amides is 2. The monoisotopic (exact) mass is 516 g/mol. The lowest BCUT2D eigenvalue weighted by Crippen LogP contribution is -2.29. The van der Waals surface area contributed by atoms with Crippen LogP contribution in [0.15, 0.2) is 59.4 Å². The van der Waals surface area contributed by atoms with Gasteiger partial charge < -0.3 is 14.6 Å². The molecule has 0 unspecified atom stereocenters. The van der Waals surface area contributed by atoms with E-state index in [0.29, 0.717) is 23.9 Å². The van der Waals surface area contributed by atoms with Gasteiger partial charge in [-0.25, -0.2) is 9.78 Å². The average Bonchev–Trinajstić information content (AvgIpc) is 3.45. The van der Waals surface area contributed by atoms with Crippen LogP contribution in [0.25, 0.3) is 16.7 Å². The van der Waals surface area contributed by atoms with Crippen molar-refractivity contribution in [2.24, 2.45) is 0 Å². The highest BCUT2D eigenvalue weighted by molar-refractivity contribution is 5.99. The second-order valence-electron chi connectivity index (χ2n) is 10.8. The molecule has 5 rings (SSSR count). The summed E-state index contributed by atoms with van der Waals surface area (Å²) in [5, 5.41) is 9.45. The van der Waals surface area contributed by atoms with E-state index in [0.717, 1.165) is 29.0 Å². The van der Waals surface area contributed by atoms with Crippen molar-refractivity contribution in [1.29, 1.82) is 0 Å². The topological polar surface area (TPSA) is 97.5 Å². The van der Waals surface area contributed by atoms with Gasteiger partial charge in [0.2, 0.25) is 0 Å². The summed E-state index contributed by atoms with van der Waals surface area (Å²) in [6.45, 7) is 10.1. The van der Waals surface area contributed by atoms with Crippen LogP contribution in [0.5, 0.6) is 5.75 Å². The number of urea groups is 1. The molecule has 4 aromatic rings. The van der Waals surface area contributed by atoms with Crippen molar-refractivity contribution in [3.8, 4) is 11.4 Å². The molecule has 1 fully saturated rings. The van der Waals surface area contributed by atoms with Crippen LogP contribution in [-0.2, 0) is 5.41 Å². The number of hydrogen-bond donors (Lipinski definition) is 2. The molecule has 2 aromatic heterocycles. The summed E-state index contributed by atoms with van der Waals surface area (Å²) in [4.78, 5) is 19.5. The Labute approximate surface area is 223 Å². The normalized spacial score (nSPS) is 14.8. The molecule has 0 aliphatic carbocycles. The van der Waals surface area contributed by atoms with Gasteiger partial charge in [-0.3, -0.25) is 14.8 Å². The molecule has 2 aromatic carbocycles. The maximum atomic E-state index is 12.4. The van der Waals surface area contributed by atoms with Crippen LogP contribution in [0, 0.1) is 0 Å². The number of carbonyl (C=O) groups is 1. The first kappa shape index (κ1) is 25.8. The first-order valence-electron chi connectivity index (χ1n) is 13.3. The van der Waals surface area contributed by atoms with Crippen LogP contribution in [0.3, 0.4) is 0 Å². The fraction of sp³-hybridized carbons (Fsp3) is 0.414. The van der Waals surface area contributed by atoms with E-state index in [1.54, 1.807) is 12.4 Å². The number of aromatic nitrogens is 3. The van der Waals surface area contributed by atoms with E-state index in [-0.39, 0.29) is 11.4 Å². The molecule has 0 radical (unpaired) electrons. The van der Waals surface area contributed by atoms with Gasteiger partial charge in [-0.1, -0.05) is 38.8 Å². The summed E-state index contributed by atoms with van der Waals surface area (Å²) in [6.07, 6.45) is 7.06. The minimum atomic E-state index is -0.386. The van der Waals surface area contributed by atoms with Crippen LogP contribution in [-0.4, -0.2) is 51.9 Å². The summed E-state index contributed by atoms with van der Waals surface area (Å²) >= 11 is 0. The first-order chi connectivity index (χ1) is 18.3. The number of likely N-dealkylation sites (tertiary alicyclic amines) is 1. The van der Waals surface area contributed by atoms with E-state index < -0.39 is 0 Å². The third kappa shape index (κ3) is 6.34. The van der Waals surface area contributed by atoms with E-state index in [1.165, 1.54) is 38.8 Å². The summed E-state index contributed by atoms with van der Waals surface area (Å²) in [5.74, 6) is 1.92. The number of fused-ring (bicyclic) bond motifs is 1. The van der Waals surface area contributed by atoms with Crippen LogP contribution in [0.1, 0.15) is 52.2 Å². The van der Waals surface area contributed by atoms with E-state index in [2.05, 4.69) is 25.7 Å². The quantitative estimate of drug-likeness (QED) is 0.303. The second kappa shape index (κ2) is 11.3. The number of hydrogen-bond acceptors (Lipinski definition) is 6. The van der Waals surface area contributed by atoms with Crippen LogP contribution in [0.2, 0.25) is 0 Å². The second-order valence-corrected chi connectivity index (χ2v) is 10.8. The molecule has 9 nitrogen and oxygen atoms in total. The van der Waals surface area contributed by atoms with Crippen LogP contribution in [0.4, 0.5) is 16.3 Å². The minimum absolute atomic E-state index is 0.183. The predicted octanol–water partition coefficient (Wildman–Crippen LogP) is 6.21. The Morgan fingerprint density at radius 2 is 1.76 bits per heavy atom. The molecule has 0 atom stereocenters. The van der Waals surface area contributed by atoms with Crippen molar-refractivity contribution < 1.29 is 14.1 Å². The van der Waals surface area contributed by atoms with Crippen molar-refractivity contribution >= 4 is 28.6 Å². The molecule has 0 bridgehead atoms. The predicted molar refractivity (Wildman–Crippen MR) is 149 cm³/mol. The highest BCUT2D eigenvalue weighted by atomic mass is 16.5. The lowest BCUT2D eigenvalue weighted by atomic mass is 9.93. The number of anilines is 2. The van der Waals surface area contributed by atoms with Crippen LogP contribution < -0.4 is 15.4 Å². The molecular weight excluding hydrogens is 480 g/mol. The van der Waals surface area contributed by atoms with Crippen molar-refractivity contribution in [2.75, 3.05) is 36.9 Å². The summed E-state index contributed by atoms with van der Waals surface area (Å²) in [6, 6.07) is 15.0. The molecule has 0 spiro atoms. The van der Waals surface area contributed by atoms with E-state index in [4.69, 9.17) is 9.26 Å². The standard InChI is InChI=1S/C29H36N6O3/c1-29(2,3)26-19-27(33-38-26)32-28(36)31-21-8-10-22(11-9-21)35-20-30-24-18-23(12-13-25(24)35)37-17-16-34-14-6-4-5-7-15-34/h8-13,18-20H,4-7,14-17H2,1-3H3,(H2,31,32,33,36). The zero-order valence-electron chi connectivity index (χ0n) is 22.4. The fourth-order valence-corrected chi connectivity index (χ4v) is 4.61. The molecule has 3 heterocycles.